The Labute approximate surface area is 114 Å². The van der Waals surface area contributed by atoms with Crippen LogP contribution in [0.5, 0.6) is 0 Å². The molecule has 0 bridgehead atoms. The van der Waals surface area contributed by atoms with Gasteiger partial charge < -0.3 is 4.98 Å². The van der Waals surface area contributed by atoms with Gasteiger partial charge in [0, 0.05) is 5.56 Å². The second-order valence-corrected chi connectivity index (χ2v) is 4.00. The van der Waals surface area contributed by atoms with E-state index in [1.54, 1.807) is 24.3 Å². The van der Waals surface area contributed by atoms with Crippen LogP contribution in [0.1, 0.15) is 16.2 Å². The van der Waals surface area contributed by atoms with Crippen molar-refractivity contribution in [1.29, 1.82) is 0 Å². The minimum Gasteiger partial charge on any atom is -0.340 e. The summed E-state index contributed by atoms with van der Waals surface area (Å²) in [7, 11) is 1.46. The Morgan fingerprint density at radius 3 is 2.80 bits per heavy atom. The van der Waals surface area contributed by atoms with Crippen LogP contribution in [-0.2, 0) is 4.84 Å². The number of rotatable bonds is 4. The van der Waals surface area contributed by atoms with E-state index < -0.39 is 0 Å². The number of carbonyl (C=O) groups is 1. The molecule has 0 aliphatic heterocycles. The van der Waals surface area contributed by atoms with Crippen LogP contribution in [0, 0.1) is 0 Å². The molecule has 7 heteroatoms. The zero-order valence-electron chi connectivity index (χ0n) is 10.6. The summed E-state index contributed by atoms with van der Waals surface area (Å²) in [6.45, 7) is 0. The Kier molecular flexibility index (Phi) is 3.10. The Bertz CT molecular complexity index is 754. The summed E-state index contributed by atoms with van der Waals surface area (Å²) in [5.41, 5.74) is 4.11. The lowest BCUT2D eigenvalue weighted by Crippen LogP contribution is -2.10. The van der Waals surface area contributed by atoms with Gasteiger partial charge in [-0.15, -0.1) is 0 Å². The third kappa shape index (κ3) is 2.10. The van der Waals surface area contributed by atoms with E-state index in [4.69, 9.17) is 4.84 Å². The van der Waals surface area contributed by atoms with E-state index in [-0.39, 0.29) is 11.6 Å². The average Bonchev–Trinajstić information content (AvgIpc) is 2.96. The molecular formula is C13H11N5O2. The number of imidazole rings is 1. The molecule has 7 nitrogen and oxygen atoms in total. The Morgan fingerprint density at radius 1 is 1.25 bits per heavy atom. The van der Waals surface area contributed by atoms with Crippen molar-refractivity contribution < 1.29 is 9.63 Å². The number of carbonyl (C=O) groups excluding carboxylic acids is 1. The molecule has 2 heterocycles. The van der Waals surface area contributed by atoms with Crippen molar-refractivity contribution in [2.45, 2.75) is 0 Å². The molecule has 0 spiro atoms. The van der Waals surface area contributed by atoms with Gasteiger partial charge in [-0.25, -0.2) is 20.4 Å². The first-order valence-corrected chi connectivity index (χ1v) is 5.89. The number of ketones is 1. The minimum absolute atomic E-state index is 0.0651. The normalized spacial score (nSPS) is 10.7. The van der Waals surface area contributed by atoms with E-state index in [1.165, 1.54) is 13.4 Å². The van der Waals surface area contributed by atoms with Crippen LogP contribution in [0.3, 0.4) is 0 Å². The van der Waals surface area contributed by atoms with Crippen LogP contribution in [0.2, 0.25) is 0 Å². The second-order valence-electron chi connectivity index (χ2n) is 4.00. The molecule has 0 aliphatic rings. The van der Waals surface area contributed by atoms with Crippen molar-refractivity contribution >= 4 is 22.8 Å². The number of aromatic amines is 1. The standard InChI is InChI=1S/C13H11N5O2/c1-20-18-12-9-11(15-7-14-9)16-13(17-12)10(19)8-5-3-2-4-6-8/h2-7H,1H3,(H2,14,15,16,17,18). The number of benzene rings is 1. The minimum atomic E-state index is -0.269. The zero-order valence-corrected chi connectivity index (χ0v) is 10.6. The first-order valence-electron chi connectivity index (χ1n) is 5.89. The van der Waals surface area contributed by atoms with E-state index in [0.29, 0.717) is 22.5 Å². The maximum absolute atomic E-state index is 12.3. The molecule has 2 N–H and O–H groups in total. The lowest BCUT2D eigenvalue weighted by atomic mass is 10.1. The molecule has 3 aromatic rings. The molecule has 100 valence electrons. The molecule has 0 unspecified atom stereocenters. The monoisotopic (exact) mass is 269 g/mol. The lowest BCUT2D eigenvalue weighted by Gasteiger charge is -2.05. The quantitative estimate of drug-likeness (QED) is 0.551. The predicted octanol–water partition coefficient (Wildman–Crippen LogP) is 1.56. The highest BCUT2D eigenvalue weighted by atomic mass is 16.6. The highest BCUT2D eigenvalue weighted by Gasteiger charge is 2.16. The van der Waals surface area contributed by atoms with Crippen LogP contribution in [0.4, 0.5) is 5.82 Å². The van der Waals surface area contributed by atoms with E-state index >= 15 is 0 Å². The lowest BCUT2D eigenvalue weighted by molar-refractivity contribution is 0.102. The van der Waals surface area contributed by atoms with Gasteiger partial charge >= 0.3 is 0 Å². The maximum Gasteiger partial charge on any atom is 0.230 e. The second kappa shape index (κ2) is 5.06. The van der Waals surface area contributed by atoms with Gasteiger partial charge in [0.2, 0.25) is 11.6 Å². The Morgan fingerprint density at radius 2 is 2.05 bits per heavy atom. The van der Waals surface area contributed by atoms with Crippen molar-refractivity contribution in [1.82, 2.24) is 19.9 Å². The molecule has 0 saturated carbocycles. The first-order chi connectivity index (χ1) is 9.79. The third-order valence-corrected chi connectivity index (χ3v) is 2.72. The van der Waals surface area contributed by atoms with Crippen LogP contribution in [0.25, 0.3) is 11.2 Å². The molecule has 0 radical (unpaired) electrons. The molecule has 3 rings (SSSR count). The van der Waals surface area contributed by atoms with Gasteiger partial charge in [0.1, 0.15) is 5.52 Å². The number of H-pyrrole nitrogens is 1. The molecule has 1 aromatic carbocycles. The number of fused-ring (bicyclic) bond motifs is 1. The van der Waals surface area contributed by atoms with E-state index in [2.05, 4.69) is 25.4 Å². The summed E-state index contributed by atoms with van der Waals surface area (Å²) in [5.74, 6) is 0.166. The van der Waals surface area contributed by atoms with Crippen molar-refractivity contribution in [3.05, 3.63) is 48.0 Å². The Hall–Kier alpha value is -2.80. The molecule has 20 heavy (non-hydrogen) atoms. The van der Waals surface area contributed by atoms with Crippen molar-refractivity contribution in [3.8, 4) is 0 Å². The zero-order chi connectivity index (χ0) is 13.9. The predicted molar refractivity (Wildman–Crippen MR) is 72.2 cm³/mol. The summed E-state index contributed by atoms with van der Waals surface area (Å²) in [4.78, 5) is 32.4. The van der Waals surface area contributed by atoms with Gasteiger partial charge in [0.05, 0.1) is 13.4 Å². The van der Waals surface area contributed by atoms with Crippen molar-refractivity contribution in [3.63, 3.8) is 0 Å². The smallest absolute Gasteiger partial charge is 0.230 e. The van der Waals surface area contributed by atoms with Gasteiger partial charge in [-0.05, 0) is 0 Å². The van der Waals surface area contributed by atoms with Crippen molar-refractivity contribution in [2.24, 2.45) is 0 Å². The third-order valence-electron chi connectivity index (χ3n) is 2.72. The molecule has 0 fully saturated rings. The van der Waals surface area contributed by atoms with Crippen LogP contribution >= 0.6 is 0 Å². The SMILES string of the molecule is CONc1nc(C(=O)c2ccccc2)nc2nc[nH]c12. The highest BCUT2D eigenvalue weighted by molar-refractivity contribution is 6.07. The van der Waals surface area contributed by atoms with E-state index in [9.17, 15) is 4.79 Å². The summed E-state index contributed by atoms with van der Waals surface area (Å²) in [6, 6.07) is 8.84. The van der Waals surface area contributed by atoms with Crippen LogP contribution in [0.15, 0.2) is 36.7 Å². The molecule has 0 atom stereocenters. The summed E-state index contributed by atoms with van der Waals surface area (Å²) in [6.07, 6.45) is 1.48. The number of hydrogen-bond acceptors (Lipinski definition) is 6. The summed E-state index contributed by atoms with van der Waals surface area (Å²) < 4.78 is 0. The number of anilines is 1. The fourth-order valence-corrected chi connectivity index (χ4v) is 1.82. The molecular weight excluding hydrogens is 258 g/mol. The average molecular weight is 269 g/mol. The summed E-state index contributed by atoms with van der Waals surface area (Å²) in [5, 5.41) is 0. The highest BCUT2D eigenvalue weighted by Crippen LogP contribution is 2.17. The summed E-state index contributed by atoms with van der Waals surface area (Å²) >= 11 is 0. The number of aromatic nitrogens is 4. The molecule has 2 aromatic heterocycles. The van der Waals surface area contributed by atoms with E-state index in [1.807, 2.05) is 6.07 Å². The van der Waals surface area contributed by atoms with E-state index in [0.717, 1.165) is 0 Å². The fraction of sp³-hybridized carbons (Fsp3) is 0.0769. The fourth-order valence-electron chi connectivity index (χ4n) is 1.82. The Balaban J connectivity index is 2.09. The van der Waals surface area contributed by atoms with Gasteiger partial charge in [-0.3, -0.25) is 9.63 Å². The van der Waals surface area contributed by atoms with Crippen LogP contribution in [-0.4, -0.2) is 32.8 Å². The first kappa shape index (κ1) is 12.2. The molecule has 0 aliphatic carbocycles. The maximum atomic E-state index is 12.3. The van der Waals surface area contributed by atoms with Gasteiger partial charge in [-0.1, -0.05) is 30.3 Å². The largest absolute Gasteiger partial charge is 0.340 e. The van der Waals surface area contributed by atoms with Gasteiger partial charge in [-0.2, -0.15) is 0 Å². The van der Waals surface area contributed by atoms with Crippen molar-refractivity contribution in [2.75, 3.05) is 12.6 Å². The molecule has 0 saturated heterocycles. The number of hydrogen-bond donors (Lipinski definition) is 2. The number of nitrogens with zero attached hydrogens (tertiary/aromatic N) is 3. The number of nitrogens with one attached hydrogen (secondary N) is 2. The van der Waals surface area contributed by atoms with Crippen LogP contribution < -0.4 is 5.48 Å². The molecule has 0 amide bonds. The van der Waals surface area contributed by atoms with Gasteiger partial charge in [0.15, 0.2) is 11.5 Å². The topological polar surface area (TPSA) is 92.8 Å². The van der Waals surface area contributed by atoms with Gasteiger partial charge in [0.25, 0.3) is 0 Å².